The lowest BCUT2D eigenvalue weighted by Crippen LogP contribution is -2.41. The number of aromatic nitrogens is 1. The van der Waals surface area contributed by atoms with Crippen LogP contribution in [-0.4, -0.2) is 28.1 Å². The molecule has 1 unspecified atom stereocenters. The van der Waals surface area contributed by atoms with E-state index in [-0.39, 0.29) is 0 Å². The van der Waals surface area contributed by atoms with E-state index >= 15 is 0 Å². The molecule has 4 heteroatoms. The Bertz CT molecular complexity index is 362. The second-order valence-electron chi connectivity index (χ2n) is 4.15. The van der Waals surface area contributed by atoms with E-state index in [9.17, 15) is 0 Å². The predicted molar refractivity (Wildman–Crippen MR) is 69.2 cm³/mol. The van der Waals surface area contributed by atoms with Crippen LogP contribution in [0.1, 0.15) is 31.4 Å². The summed E-state index contributed by atoms with van der Waals surface area (Å²) in [4.78, 5) is 6.34. The smallest absolute Gasteiger partial charge is 0.169 e. The van der Waals surface area contributed by atoms with Gasteiger partial charge in [-0.1, -0.05) is 0 Å². The van der Waals surface area contributed by atoms with Gasteiger partial charge in [-0.05, 0) is 49.7 Å². The third kappa shape index (κ3) is 2.32. The first-order chi connectivity index (χ1) is 7.74. The van der Waals surface area contributed by atoms with E-state index in [0.717, 1.165) is 5.11 Å². The molecule has 3 nitrogen and oxygen atoms in total. The van der Waals surface area contributed by atoms with Crippen molar-refractivity contribution >= 4 is 17.3 Å². The van der Waals surface area contributed by atoms with Gasteiger partial charge in [-0.15, -0.1) is 0 Å². The van der Waals surface area contributed by atoms with E-state index in [1.54, 1.807) is 0 Å². The minimum absolute atomic E-state index is 0.315. The maximum absolute atomic E-state index is 5.37. The first kappa shape index (κ1) is 11.3. The average Bonchev–Trinajstić information content (AvgIpc) is 3.14. The fourth-order valence-corrected chi connectivity index (χ4v) is 2.25. The largest absolute Gasteiger partial charge is 0.366 e. The normalized spacial score (nSPS) is 16.6. The lowest BCUT2D eigenvalue weighted by Gasteiger charge is -2.31. The summed E-state index contributed by atoms with van der Waals surface area (Å²) in [6, 6.07) is 5.04. The van der Waals surface area contributed by atoms with Crippen LogP contribution in [0, 0.1) is 0 Å². The van der Waals surface area contributed by atoms with Gasteiger partial charge in [0.15, 0.2) is 5.11 Å². The summed E-state index contributed by atoms with van der Waals surface area (Å²) in [7, 11) is 1.89. The van der Waals surface area contributed by atoms with Gasteiger partial charge in [0.2, 0.25) is 0 Å². The van der Waals surface area contributed by atoms with Crippen molar-refractivity contribution < 1.29 is 0 Å². The van der Waals surface area contributed by atoms with Crippen molar-refractivity contribution in [3.05, 3.63) is 30.1 Å². The van der Waals surface area contributed by atoms with E-state index in [0.29, 0.717) is 12.1 Å². The van der Waals surface area contributed by atoms with Crippen LogP contribution in [0.15, 0.2) is 24.5 Å². The van der Waals surface area contributed by atoms with Gasteiger partial charge >= 0.3 is 0 Å². The first-order valence-electron chi connectivity index (χ1n) is 5.64. The summed E-state index contributed by atoms with van der Waals surface area (Å²) < 4.78 is 0. The standard InChI is InChI=1S/C12H17N3S/c1-9(10-5-7-14-8-6-10)15(11-3-4-11)12(16)13-2/h5-9,11H,3-4H2,1-2H3,(H,13,16). The molecular weight excluding hydrogens is 218 g/mol. The van der Waals surface area contributed by atoms with E-state index < -0.39 is 0 Å². The number of nitrogens with one attached hydrogen (secondary N) is 1. The molecule has 16 heavy (non-hydrogen) atoms. The molecular formula is C12H17N3S. The molecule has 1 atom stereocenters. The summed E-state index contributed by atoms with van der Waals surface area (Å²) >= 11 is 5.37. The molecule has 1 aromatic rings. The van der Waals surface area contributed by atoms with Gasteiger partial charge in [0.05, 0.1) is 6.04 Å². The molecule has 0 radical (unpaired) electrons. The molecule has 2 rings (SSSR count). The Kier molecular flexibility index (Phi) is 3.39. The minimum atomic E-state index is 0.315. The lowest BCUT2D eigenvalue weighted by atomic mass is 10.1. The van der Waals surface area contributed by atoms with Crippen LogP contribution in [-0.2, 0) is 0 Å². The van der Waals surface area contributed by atoms with Gasteiger partial charge in [0, 0.05) is 25.5 Å². The van der Waals surface area contributed by atoms with E-state index in [2.05, 4.69) is 34.3 Å². The van der Waals surface area contributed by atoms with Gasteiger partial charge in [-0.2, -0.15) is 0 Å². The van der Waals surface area contributed by atoms with Crippen LogP contribution in [0.25, 0.3) is 0 Å². The third-order valence-corrected chi connectivity index (χ3v) is 3.41. The Morgan fingerprint density at radius 2 is 2.12 bits per heavy atom. The van der Waals surface area contributed by atoms with Crippen molar-refractivity contribution in [1.29, 1.82) is 0 Å². The van der Waals surface area contributed by atoms with Crippen molar-refractivity contribution in [2.75, 3.05) is 7.05 Å². The maximum atomic E-state index is 5.37. The zero-order valence-electron chi connectivity index (χ0n) is 9.68. The minimum Gasteiger partial charge on any atom is -0.366 e. The molecule has 0 saturated heterocycles. The highest BCUT2D eigenvalue weighted by Gasteiger charge is 2.34. The molecule has 1 N–H and O–H groups in total. The number of nitrogens with zero attached hydrogens (tertiary/aromatic N) is 2. The fraction of sp³-hybridized carbons (Fsp3) is 0.500. The number of hydrogen-bond donors (Lipinski definition) is 1. The number of pyridine rings is 1. The van der Waals surface area contributed by atoms with Gasteiger partial charge in [-0.3, -0.25) is 4.98 Å². The van der Waals surface area contributed by atoms with Crippen molar-refractivity contribution in [1.82, 2.24) is 15.2 Å². The molecule has 1 aliphatic rings. The highest BCUT2D eigenvalue weighted by Crippen LogP contribution is 2.34. The maximum Gasteiger partial charge on any atom is 0.169 e. The molecule has 0 bridgehead atoms. The van der Waals surface area contributed by atoms with Gasteiger partial charge < -0.3 is 10.2 Å². The van der Waals surface area contributed by atoms with Gasteiger partial charge in [0.1, 0.15) is 0 Å². The summed E-state index contributed by atoms with van der Waals surface area (Å²) in [5, 5.41) is 3.92. The highest BCUT2D eigenvalue weighted by molar-refractivity contribution is 7.80. The fourth-order valence-electron chi connectivity index (χ4n) is 1.94. The summed E-state index contributed by atoms with van der Waals surface area (Å²) in [6.45, 7) is 2.19. The number of hydrogen-bond acceptors (Lipinski definition) is 2. The van der Waals surface area contributed by atoms with Crippen LogP contribution < -0.4 is 5.32 Å². The molecule has 1 aromatic heterocycles. The third-order valence-electron chi connectivity index (χ3n) is 2.99. The van der Waals surface area contributed by atoms with E-state index in [1.807, 2.05) is 19.4 Å². The average molecular weight is 235 g/mol. The quantitative estimate of drug-likeness (QED) is 0.812. The van der Waals surface area contributed by atoms with Crippen molar-refractivity contribution in [3.8, 4) is 0 Å². The molecule has 86 valence electrons. The zero-order chi connectivity index (χ0) is 11.5. The monoisotopic (exact) mass is 235 g/mol. The van der Waals surface area contributed by atoms with E-state index in [4.69, 9.17) is 12.2 Å². The second kappa shape index (κ2) is 4.78. The number of rotatable bonds is 3. The summed E-state index contributed by atoms with van der Waals surface area (Å²) in [6.07, 6.45) is 6.16. The van der Waals surface area contributed by atoms with Crippen LogP contribution >= 0.6 is 12.2 Å². The van der Waals surface area contributed by atoms with Crippen molar-refractivity contribution in [2.45, 2.75) is 31.8 Å². The highest BCUT2D eigenvalue weighted by atomic mass is 32.1. The van der Waals surface area contributed by atoms with Gasteiger partial charge in [0.25, 0.3) is 0 Å². The van der Waals surface area contributed by atoms with E-state index in [1.165, 1.54) is 18.4 Å². The van der Waals surface area contributed by atoms with Crippen LogP contribution in [0.5, 0.6) is 0 Å². The molecule has 1 fully saturated rings. The Morgan fingerprint density at radius 3 is 2.62 bits per heavy atom. The zero-order valence-corrected chi connectivity index (χ0v) is 10.5. The summed E-state index contributed by atoms with van der Waals surface area (Å²) in [5.74, 6) is 0. The van der Waals surface area contributed by atoms with Gasteiger partial charge in [-0.25, -0.2) is 0 Å². The van der Waals surface area contributed by atoms with Crippen LogP contribution in [0.4, 0.5) is 0 Å². The Morgan fingerprint density at radius 1 is 1.50 bits per heavy atom. The second-order valence-corrected chi connectivity index (χ2v) is 4.54. The molecule has 0 aliphatic heterocycles. The first-order valence-corrected chi connectivity index (χ1v) is 6.05. The SMILES string of the molecule is CNC(=S)N(C1CC1)C(C)c1ccncc1. The predicted octanol–water partition coefficient (Wildman–Crippen LogP) is 2.11. The molecule has 0 aromatic carbocycles. The van der Waals surface area contributed by atoms with Crippen LogP contribution in [0.2, 0.25) is 0 Å². The Balaban J connectivity index is 2.17. The Hall–Kier alpha value is -1.16. The van der Waals surface area contributed by atoms with Crippen LogP contribution in [0.3, 0.4) is 0 Å². The summed E-state index contributed by atoms with van der Waals surface area (Å²) in [5.41, 5.74) is 1.26. The number of thiocarbonyl (C=S) groups is 1. The molecule has 1 aliphatic carbocycles. The molecule has 0 amide bonds. The lowest BCUT2D eigenvalue weighted by molar-refractivity contribution is 0.324. The van der Waals surface area contributed by atoms with Crippen molar-refractivity contribution in [3.63, 3.8) is 0 Å². The van der Waals surface area contributed by atoms with Crippen molar-refractivity contribution in [2.24, 2.45) is 0 Å². The Labute approximate surface area is 102 Å². The molecule has 0 spiro atoms. The molecule has 1 heterocycles. The topological polar surface area (TPSA) is 28.2 Å². The molecule has 1 saturated carbocycles.